The van der Waals surface area contributed by atoms with Crippen LogP contribution in [0.3, 0.4) is 0 Å². The zero-order valence-electron chi connectivity index (χ0n) is 10.8. The van der Waals surface area contributed by atoms with Crippen LogP contribution in [0.4, 0.5) is 5.82 Å². The minimum absolute atomic E-state index is 0.537. The highest BCUT2D eigenvalue weighted by atomic mass is 32.1. The number of aromatic nitrogens is 2. The van der Waals surface area contributed by atoms with E-state index in [0.717, 1.165) is 25.5 Å². The maximum absolute atomic E-state index is 4.22. The Balaban J connectivity index is 1.55. The number of thiophene rings is 1. The Hall–Kier alpha value is -1.46. The highest BCUT2D eigenvalue weighted by Crippen LogP contribution is 2.22. The van der Waals surface area contributed by atoms with Gasteiger partial charge < -0.3 is 10.2 Å². The largest absolute Gasteiger partial charge is 0.351 e. The smallest absolute Gasteiger partial charge is 0.151 e. The lowest BCUT2D eigenvalue weighted by Gasteiger charge is -2.25. The molecule has 19 heavy (non-hydrogen) atoms. The van der Waals surface area contributed by atoms with Crippen molar-refractivity contribution < 1.29 is 0 Å². The van der Waals surface area contributed by atoms with Gasteiger partial charge in [0, 0.05) is 31.9 Å². The molecule has 3 rings (SSSR count). The van der Waals surface area contributed by atoms with E-state index in [0.29, 0.717) is 6.04 Å². The number of nitrogens with one attached hydrogen (secondary N) is 1. The number of rotatable bonds is 5. The van der Waals surface area contributed by atoms with E-state index in [2.05, 4.69) is 37.2 Å². The van der Waals surface area contributed by atoms with E-state index >= 15 is 0 Å². The maximum Gasteiger partial charge on any atom is 0.151 e. The highest BCUT2D eigenvalue weighted by Gasteiger charge is 2.25. The minimum atomic E-state index is 0.537. The van der Waals surface area contributed by atoms with Gasteiger partial charge in [0.1, 0.15) is 0 Å². The predicted octanol–water partition coefficient (Wildman–Crippen LogP) is 2.30. The highest BCUT2D eigenvalue weighted by molar-refractivity contribution is 7.07. The van der Waals surface area contributed by atoms with Crippen molar-refractivity contribution in [3.63, 3.8) is 0 Å². The summed E-state index contributed by atoms with van der Waals surface area (Å²) in [5.41, 5.74) is 1.37. The molecule has 2 aromatic heterocycles. The van der Waals surface area contributed by atoms with Crippen molar-refractivity contribution in [2.45, 2.75) is 25.4 Å². The van der Waals surface area contributed by atoms with Crippen molar-refractivity contribution in [3.05, 3.63) is 40.7 Å². The second-order valence-corrected chi connectivity index (χ2v) is 5.61. The third-order valence-corrected chi connectivity index (χ3v) is 4.25. The number of nitrogens with zero attached hydrogens (tertiary/aromatic N) is 3. The van der Waals surface area contributed by atoms with E-state index in [9.17, 15) is 0 Å². The second kappa shape index (κ2) is 6.12. The Bertz CT molecular complexity index is 485. The first-order chi connectivity index (χ1) is 9.43. The Morgan fingerprint density at radius 1 is 1.42 bits per heavy atom. The molecule has 0 radical (unpaired) electrons. The fourth-order valence-corrected chi connectivity index (χ4v) is 3.24. The Kier molecular flexibility index (Phi) is 4.05. The molecule has 3 heterocycles. The van der Waals surface area contributed by atoms with Crippen molar-refractivity contribution >= 4 is 17.2 Å². The van der Waals surface area contributed by atoms with Gasteiger partial charge in [0.2, 0.25) is 0 Å². The zero-order valence-corrected chi connectivity index (χ0v) is 11.6. The minimum Gasteiger partial charge on any atom is -0.351 e. The van der Waals surface area contributed by atoms with Gasteiger partial charge in [0.25, 0.3) is 0 Å². The van der Waals surface area contributed by atoms with E-state index in [1.807, 2.05) is 12.1 Å². The van der Waals surface area contributed by atoms with Gasteiger partial charge in [-0.2, -0.15) is 16.4 Å². The molecule has 1 aliphatic heterocycles. The molecular formula is C14H18N4S. The van der Waals surface area contributed by atoms with Gasteiger partial charge in [0.05, 0.1) is 0 Å². The summed E-state index contributed by atoms with van der Waals surface area (Å²) in [6, 6.07) is 6.71. The van der Waals surface area contributed by atoms with Crippen molar-refractivity contribution in [2.75, 3.05) is 18.0 Å². The van der Waals surface area contributed by atoms with Crippen LogP contribution < -0.4 is 10.2 Å². The zero-order chi connectivity index (χ0) is 12.9. The van der Waals surface area contributed by atoms with Gasteiger partial charge in [-0.3, -0.25) is 0 Å². The summed E-state index contributed by atoms with van der Waals surface area (Å²) in [5, 5.41) is 16.1. The molecule has 0 unspecified atom stereocenters. The fraction of sp³-hybridized carbons (Fsp3) is 0.429. The third-order valence-electron chi connectivity index (χ3n) is 3.52. The molecule has 2 aromatic rings. The van der Waals surface area contributed by atoms with Crippen LogP contribution in [0.1, 0.15) is 18.4 Å². The van der Waals surface area contributed by atoms with E-state index in [1.54, 1.807) is 17.5 Å². The molecule has 5 heteroatoms. The lowest BCUT2D eigenvalue weighted by Crippen LogP contribution is -2.38. The van der Waals surface area contributed by atoms with Crippen LogP contribution in [0.25, 0.3) is 0 Å². The molecule has 1 aliphatic rings. The quantitative estimate of drug-likeness (QED) is 0.908. The van der Waals surface area contributed by atoms with Gasteiger partial charge in [-0.1, -0.05) is 0 Å². The van der Waals surface area contributed by atoms with Crippen LogP contribution in [0.5, 0.6) is 0 Å². The molecule has 4 nitrogen and oxygen atoms in total. The first-order valence-electron chi connectivity index (χ1n) is 6.69. The molecule has 0 aliphatic carbocycles. The summed E-state index contributed by atoms with van der Waals surface area (Å²) in [7, 11) is 0. The summed E-state index contributed by atoms with van der Waals surface area (Å²) < 4.78 is 0. The van der Waals surface area contributed by atoms with Crippen LogP contribution in [0.2, 0.25) is 0 Å². The molecule has 0 bridgehead atoms. The molecule has 0 spiro atoms. The molecule has 1 N–H and O–H groups in total. The van der Waals surface area contributed by atoms with Crippen LogP contribution in [-0.2, 0) is 6.54 Å². The van der Waals surface area contributed by atoms with Crippen molar-refractivity contribution in [3.8, 4) is 0 Å². The first-order valence-corrected chi connectivity index (χ1v) is 7.64. The summed E-state index contributed by atoms with van der Waals surface area (Å²) in [5.74, 6) is 1.00. The Morgan fingerprint density at radius 2 is 2.42 bits per heavy atom. The van der Waals surface area contributed by atoms with Crippen LogP contribution in [0.15, 0.2) is 35.2 Å². The van der Waals surface area contributed by atoms with Crippen molar-refractivity contribution in [1.29, 1.82) is 0 Å². The van der Waals surface area contributed by atoms with E-state index in [-0.39, 0.29) is 0 Å². The van der Waals surface area contributed by atoms with Gasteiger partial charge in [-0.05, 0) is 47.4 Å². The SMILES string of the molecule is c1cnnc(N2CCC[C@@H]2CNCc2ccsc2)c1. The van der Waals surface area contributed by atoms with E-state index < -0.39 is 0 Å². The number of anilines is 1. The average molecular weight is 274 g/mol. The fourth-order valence-electron chi connectivity index (χ4n) is 2.57. The van der Waals surface area contributed by atoms with E-state index in [1.165, 1.54) is 18.4 Å². The first kappa shape index (κ1) is 12.6. The predicted molar refractivity (Wildman–Crippen MR) is 78.4 cm³/mol. The van der Waals surface area contributed by atoms with Gasteiger partial charge in [-0.15, -0.1) is 5.10 Å². The summed E-state index contributed by atoms with van der Waals surface area (Å²) in [6.45, 7) is 3.05. The van der Waals surface area contributed by atoms with Gasteiger partial charge in [0.15, 0.2) is 5.82 Å². The normalized spacial score (nSPS) is 18.9. The summed E-state index contributed by atoms with van der Waals surface area (Å²) >= 11 is 1.75. The average Bonchev–Trinajstić information content (AvgIpc) is 3.11. The Labute approximate surface area is 117 Å². The third kappa shape index (κ3) is 3.11. The van der Waals surface area contributed by atoms with E-state index in [4.69, 9.17) is 0 Å². The van der Waals surface area contributed by atoms with Crippen LogP contribution >= 0.6 is 11.3 Å². The summed E-state index contributed by atoms with van der Waals surface area (Å²) in [4.78, 5) is 2.37. The van der Waals surface area contributed by atoms with Crippen molar-refractivity contribution in [2.24, 2.45) is 0 Å². The molecule has 1 atom stereocenters. The molecule has 0 amide bonds. The molecule has 1 saturated heterocycles. The van der Waals surface area contributed by atoms with Crippen molar-refractivity contribution in [1.82, 2.24) is 15.5 Å². The topological polar surface area (TPSA) is 41.1 Å². The lowest BCUT2D eigenvalue weighted by molar-refractivity contribution is 0.570. The monoisotopic (exact) mass is 274 g/mol. The summed E-state index contributed by atoms with van der Waals surface area (Å²) in [6.07, 6.45) is 4.19. The molecule has 100 valence electrons. The standard InChI is InChI=1S/C14H18N4S/c1-4-14(17-16-6-1)18-7-2-3-13(18)10-15-9-12-5-8-19-11-12/h1,4-6,8,11,13,15H,2-3,7,9-10H2/t13-/m1/s1. The molecule has 1 fully saturated rings. The van der Waals surface area contributed by atoms with Gasteiger partial charge >= 0.3 is 0 Å². The molecular weight excluding hydrogens is 256 g/mol. The number of hydrogen-bond donors (Lipinski definition) is 1. The van der Waals surface area contributed by atoms with Crippen LogP contribution in [0, 0.1) is 0 Å². The Morgan fingerprint density at radius 3 is 3.21 bits per heavy atom. The second-order valence-electron chi connectivity index (χ2n) is 4.83. The maximum atomic E-state index is 4.22. The van der Waals surface area contributed by atoms with Gasteiger partial charge in [-0.25, -0.2) is 0 Å². The number of hydrogen-bond acceptors (Lipinski definition) is 5. The molecule has 0 aromatic carbocycles. The van der Waals surface area contributed by atoms with Crippen LogP contribution in [-0.4, -0.2) is 29.3 Å². The molecule has 0 saturated carbocycles. The lowest BCUT2D eigenvalue weighted by atomic mass is 10.2.